The van der Waals surface area contributed by atoms with Gasteiger partial charge < -0.3 is 15.0 Å². The van der Waals surface area contributed by atoms with Crippen LogP contribution >= 0.6 is 0 Å². The maximum Gasteiger partial charge on any atom is 0.573 e. The zero-order chi connectivity index (χ0) is 18.9. The number of pyridine rings is 1. The zero-order valence-corrected chi connectivity index (χ0v) is 13.7. The van der Waals surface area contributed by atoms with Gasteiger partial charge in [-0.15, -0.1) is 13.2 Å². The van der Waals surface area contributed by atoms with Gasteiger partial charge in [-0.3, -0.25) is 4.79 Å². The van der Waals surface area contributed by atoms with Crippen LogP contribution in [-0.2, 0) is 11.3 Å². The van der Waals surface area contributed by atoms with Crippen molar-refractivity contribution < 1.29 is 22.7 Å². The van der Waals surface area contributed by atoms with Gasteiger partial charge in [0, 0.05) is 6.20 Å². The van der Waals surface area contributed by atoms with Crippen LogP contribution in [0.3, 0.4) is 0 Å². The van der Waals surface area contributed by atoms with E-state index in [1.807, 2.05) is 0 Å². The number of carbonyl (C=O) groups is 1. The van der Waals surface area contributed by atoms with Gasteiger partial charge in [0.25, 0.3) is 0 Å². The molecule has 1 amide bonds. The number of ether oxygens (including phenoxy) is 1. The molecule has 0 saturated carbocycles. The van der Waals surface area contributed by atoms with E-state index in [1.165, 1.54) is 24.3 Å². The molecule has 2 N–H and O–H groups in total. The molecule has 0 aliphatic rings. The van der Waals surface area contributed by atoms with Gasteiger partial charge >= 0.3 is 6.36 Å². The number of primary amides is 1. The van der Waals surface area contributed by atoms with Crippen LogP contribution in [0.2, 0.25) is 0 Å². The maximum absolute atomic E-state index is 12.3. The Morgan fingerprint density at radius 3 is 2.58 bits per heavy atom. The molecule has 0 aliphatic carbocycles. The average Bonchev–Trinajstić information content (AvgIpc) is 2.93. The molecule has 6 nitrogen and oxygen atoms in total. The Kier molecular flexibility index (Phi) is 4.54. The lowest BCUT2D eigenvalue weighted by Crippen LogP contribution is -2.22. The van der Waals surface area contributed by atoms with E-state index in [9.17, 15) is 18.0 Å². The molecule has 9 heteroatoms. The average molecular weight is 364 g/mol. The third-order valence-electron chi connectivity index (χ3n) is 3.84. The highest BCUT2D eigenvalue weighted by Crippen LogP contribution is 2.25. The van der Waals surface area contributed by atoms with Gasteiger partial charge in [0.2, 0.25) is 5.91 Å². The summed E-state index contributed by atoms with van der Waals surface area (Å²) in [5.41, 5.74) is 7.26. The summed E-state index contributed by atoms with van der Waals surface area (Å²) in [6, 6.07) is 8.96. The summed E-state index contributed by atoms with van der Waals surface area (Å²) in [6.07, 6.45) is -3.14. The van der Waals surface area contributed by atoms with E-state index >= 15 is 0 Å². The predicted octanol–water partition coefficient (Wildman–Crippen LogP) is 2.97. The first-order chi connectivity index (χ1) is 12.2. The fraction of sp³-hybridized carbons (Fsp3) is 0.235. The summed E-state index contributed by atoms with van der Waals surface area (Å²) in [5.74, 6) is -1.03. The van der Waals surface area contributed by atoms with Crippen molar-refractivity contribution in [1.29, 1.82) is 0 Å². The number of nitrogens with two attached hydrogens (primary N) is 1. The van der Waals surface area contributed by atoms with Crippen molar-refractivity contribution in [2.45, 2.75) is 25.7 Å². The number of carbonyl (C=O) groups excluding carboxylic acids is 1. The lowest BCUT2D eigenvalue weighted by atomic mass is 10.1. The molecule has 1 atom stereocenters. The summed E-state index contributed by atoms with van der Waals surface area (Å²) in [4.78, 5) is 20.3. The number of aromatic nitrogens is 3. The number of rotatable bonds is 5. The number of nitrogens with zero attached hydrogens (tertiary/aromatic N) is 3. The molecule has 3 aromatic rings. The highest BCUT2D eigenvalue weighted by molar-refractivity contribution is 5.82. The van der Waals surface area contributed by atoms with E-state index < -0.39 is 18.2 Å². The van der Waals surface area contributed by atoms with Gasteiger partial charge in [0.05, 0.1) is 12.5 Å². The molecular weight excluding hydrogens is 349 g/mol. The molecule has 2 heterocycles. The number of benzene rings is 1. The van der Waals surface area contributed by atoms with Crippen LogP contribution in [0, 0.1) is 0 Å². The second kappa shape index (κ2) is 6.66. The maximum atomic E-state index is 12.3. The topological polar surface area (TPSA) is 83.0 Å². The molecule has 1 unspecified atom stereocenters. The predicted molar refractivity (Wildman–Crippen MR) is 87.4 cm³/mol. The first-order valence-electron chi connectivity index (χ1n) is 7.70. The molecule has 0 spiro atoms. The quantitative estimate of drug-likeness (QED) is 0.754. The molecule has 0 saturated heterocycles. The number of hydrogen-bond acceptors (Lipinski definition) is 4. The second-order valence-corrected chi connectivity index (χ2v) is 5.72. The van der Waals surface area contributed by atoms with E-state index in [0.29, 0.717) is 22.6 Å². The van der Waals surface area contributed by atoms with E-state index in [1.54, 1.807) is 29.8 Å². The third-order valence-corrected chi connectivity index (χ3v) is 3.84. The van der Waals surface area contributed by atoms with Crippen LogP contribution in [-0.4, -0.2) is 26.8 Å². The van der Waals surface area contributed by atoms with E-state index in [-0.39, 0.29) is 12.3 Å². The molecular formula is C17H15F3N4O2. The van der Waals surface area contributed by atoms with Crippen molar-refractivity contribution in [2.24, 2.45) is 5.73 Å². The van der Waals surface area contributed by atoms with Gasteiger partial charge in [0.1, 0.15) is 17.1 Å². The smallest absolute Gasteiger partial charge is 0.406 e. The van der Waals surface area contributed by atoms with Crippen LogP contribution in [0.1, 0.15) is 24.2 Å². The molecule has 136 valence electrons. The van der Waals surface area contributed by atoms with Crippen molar-refractivity contribution in [3.63, 3.8) is 0 Å². The Balaban J connectivity index is 1.95. The normalized spacial score (nSPS) is 12.9. The summed E-state index contributed by atoms with van der Waals surface area (Å²) >= 11 is 0. The third kappa shape index (κ3) is 3.76. The van der Waals surface area contributed by atoms with Crippen molar-refractivity contribution in [3.8, 4) is 5.75 Å². The SMILES string of the molecule is CC(C(N)=O)c1nc2cccnc2n1Cc1ccc(OC(F)(F)F)cc1. The van der Waals surface area contributed by atoms with Gasteiger partial charge in [0.15, 0.2) is 5.65 Å². The molecule has 0 bridgehead atoms. The monoisotopic (exact) mass is 364 g/mol. The largest absolute Gasteiger partial charge is 0.573 e. The van der Waals surface area contributed by atoms with E-state index in [0.717, 1.165) is 0 Å². The lowest BCUT2D eigenvalue weighted by molar-refractivity contribution is -0.274. The van der Waals surface area contributed by atoms with Gasteiger partial charge in [-0.25, -0.2) is 9.97 Å². The minimum absolute atomic E-state index is 0.271. The Labute approximate surface area is 146 Å². The first kappa shape index (κ1) is 17.7. The minimum atomic E-state index is -4.74. The van der Waals surface area contributed by atoms with Gasteiger partial charge in [-0.05, 0) is 36.8 Å². The Morgan fingerprint density at radius 1 is 1.27 bits per heavy atom. The fourth-order valence-electron chi connectivity index (χ4n) is 2.57. The summed E-state index contributed by atoms with van der Waals surface area (Å²) in [6.45, 7) is 1.91. The van der Waals surface area contributed by atoms with Crippen LogP contribution < -0.4 is 10.5 Å². The molecule has 0 radical (unpaired) electrons. The van der Waals surface area contributed by atoms with E-state index in [4.69, 9.17) is 5.73 Å². The Hall–Kier alpha value is -3.10. The molecule has 1 aromatic carbocycles. The second-order valence-electron chi connectivity index (χ2n) is 5.72. The zero-order valence-electron chi connectivity index (χ0n) is 13.7. The van der Waals surface area contributed by atoms with E-state index in [2.05, 4.69) is 14.7 Å². The molecule has 0 fully saturated rings. The van der Waals surface area contributed by atoms with Gasteiger partial charge in [-0.1, -0.05) is 12.1 Å². The lowest BCUT2D eigenvalue weighted by Gasteiger charge is -2.13. The molecule has 3 rings (SSSR count). The number of imidazole rings is 1. The number of amides is 1. The number of halogens is 3. The molecule has 26 heavy (non-hydrogen) atoms. The van der Waals surface area contributed by atoms with Crippen molar-refractivity contribution in [3.05, 3.63) is 54.0 Å². The summed E-state index contributed by atoms with van der Waals surface area (Å²) < 4.78 is 42.3. The Morgan fingerprint density at radius 2 is 1.96 bits per heavy atom. The van der Waals surface area contributed by atoms with Crippen LogP contribution in [0.25, 0.3) is 11.2 Å². The highest BCUT2D eigenvalue weighted by Gasteiger charge is 2.31. The van der Waals surface area contributed by atoms with Crippen LogP contribution in [0.15, 0.2) is 42.6 Å². The van der Waals surface area contributed by atoms with Crippen LogP contribution in [0.5, 0.6) is 5.75 Å². The first-order valence-corrected chi connectivity index (χ1v) is 7.70. The molecule has 2 aromatic heterocycles. The summed E-state index contributed by atoms with van der Waals surface area (Å²) in [5, 5.41) is 0. The number of fused-ring (bicyclic) bond motifs is 1. The standard InChI is InChI=1S/C17H15F3N4O2/c1-10(14(21)25)15-23-13-3-2-8-22-16(13)24(15)9-11-4-6-12(7-5-11)26-17(18,19)20/h2-8,10H,9H2,1H3,(H2,21,25). The van der Waals surface area contributed by atoms with Crippen molar-refractivity contribution in [1.82, 2.24) is 14.5 Å². The fourth-order valence-corrected chi connectivity index (χ4v) is 2.57. The minimum Gasteiger partial charge on any atom is -0.406 e. The number of hydrogen-bond donors (Lipinski definition) is 1. The van der Waals surface area contributed by atoms with Crippen LogP contribution in [0.4, 0.5) is 13.2 Å². The van der Waals surface area contributed by atoms with Crippen molar-refractivity contribution >= 4 is 17.1 Å². The Bertz CT molecular complexity index is 935. The summed E-state index contributed by atoms with van der Waals surface area (Å²) in [7, 11) is 0. The van der Waals surface area contributed by atoms with Crippen molar-refractivity contribution in [2.75, 3.05) is 0 Å². The number of alkyl halides is 3. The highest BCUT2D eigenvalue weighted by atomic mass is 19.4. The molecule has 0 aliphatic heterocycles. The van der Waals surface area contributed by atoms with Gasteiger partial charge in [-0.2, -0.15) is 0 Å².